The Balaban J connectivity index is 1.82. The fraction of sp³-hybridized carbons (Fsp3) is 0.385. The van der Waals surface area contributed by atoms with E-state index in [1.54, 1.807) is 18.3 Å². The van der Waals surface area contributed by atoms with Crippen LogP contribution in [0.3, 0.4) is 0 Å². The Bertz CT molecular complexity index is 618. The van der Waals surface area contributed by atoms with E-state index in [0.29, 0.717) is 16.5 Å². The van der Waals surface area contributed by atoms with E-state index in [-0.39, 0.29) is 17.2 Å². The van der Waals surface area contributed by atoms with Gasteiger partial charge in [0.2, 0.25) is 5.95 Å². The number of nitrogens with zero attached hydrogens (tertiary/aromatic N) is 3. The highest BCUT2D eigenvalue weighted by molar-refractivity contribution is 8.18. The molecule has 1 aromatic heterocycles. The molecule has 21 heavy (non-hydrogen) atoms. The highest BCUT2D eigenvalue weighted by Gasteiger charge is 2.25. The summed E-state index contributed by atoms with van der Waals surface area (Å²) in [7, 11) is 0. The SMILES string of the molecule is N[C@@H]1CCCN(c2nccc(/C=C3\SC(=O)NC3=O)n2)C1. The van der Waals surface area contributed by atoms with Gasteiger partial charge >= 0.3 is 0 Å². The first-order valence-corrected chi connectivity index (χ1v) is 7.52. The molecule has 0 spiro atoms. The second-order valence-corrected chi connectivity index (χ2v) is 6.00. The zero-order valence-electron chi connectivity index (χ0n) is 11.3. The van der Waals surface area contributed by atoms with Gasteiger partial charge in [-0.3, -0.25) is 14.9 Å². The molecule has 8 heteroatoms. The third-order valence-corrected chi connectivity index (χ3v) is 4.14. The molecule has 110 valence electrons. The van der Waals surface area contributed by atoms with E-state index in [1.807, 2.05) is 4.90 Å². The second kappa shape index (κ2) is 5.82. The standard InChI is InChI=1S/C13H15N5O2S/c14-8-2-1-5-18(7-8)12-15-4-3-9(16-12)6-10-11(19)17-13(20)21-10/h3-4,6,8H,1-2,5,7,14H2,(H,17,19,20)/b10-6-/t8-/m1/s1. The monoisotopic (exact) mass is 305 g/mol. The largest absolute Gasteiger partial charge is 0.339 e. The molecular formula is C13H15N5O2S. The number of piperidine rings is 1. The number of carbonyl (C=O) groups excluding carboxylic acids is 2. The van der Waals surface area contributed by atoms with Crippen molar-refractivity contribution in [1.82, 2.24) is 15.3 Å². The lowest BCUT2D eigenvalue weighted by molar-refractivity contribution is -0.115. The van der Waals surface area contributed by atoms with Gasteiger partial charge in [-0.2, -0.15) is 0 Å². The molecule has 0 radical (unpaired) electrons. The number of hydrogen-bond donors (Lipinski definition) is 2. The summed E-state index contributed by atoms with van der Waals surface area (Å²) < 4.78 is 0. The first-order valence-electron chi connectivity index (χ1n) is 6.70. The van der Waals surface area contributed by atoms with Gasteiger partial charge in [0.1, 0.15) is 0 Å². The van der Waals surface area contributed by atoms with Gasteiger partial charge < -0.3 is 10.6 Å². The van der Waals surface area contributed by atoms with Crippen LogP contribution in [0.15, 0.2) is 17.2 Å². The van der Waals surface area contributed by atoms with E-state index in [2.05, 4.69) is 15.3 Å². The van der Waals surface area contributed by atoms with Crippen molar-refractivity contribution in [3.63, 3.8) is 0 Å². The van der Waals surface area contributed by atoms with Crippen LogP contribution in [0.5, 0.6) is 0 Å². The number of rotatable bonds is 2. The summed E-state index contributed by atoms with van der Waals surface area (Å²) in [4.78, 5) is 33.8. The molecule has 3 N–H and O–H groups in total. The molecule has 0 aromatic carbocycles. The van der Waals surface area contributed by atoms with Crippen molar-refractivity contribution in [2.45, 2.75) is 18.9 Å². The van der Waals surface area contributed by atoms with Crippen molar-refractivity contribution in [2.75, 3.05) is 18.0 Å². The number of hydrogen-bond acceptors (Lipinski definition) is 7. The van der Waals surface area contributed by atoms with Crippen LogP contribution in [0, 0.1) is 0 Å². The summed E-state index contributed by atoms with van der Waals surface area (Å²) in [5.74, 6) is 0.222. The predicted octanol–water partition coefficient (Wildman–Crippen LogP) is 0.728. The van der Waals surface area contributed by atoms with Crippen LogP contribution >= 0.6 is 11.8 Å². The number of aromatic nitrogens is 2. The third kappa shape index (κ3) is 3.22. The molecule has 3 heterocycles. The van der Waals surface area contributed by atoms with Crippen molar-refractivity contribution < 1.29 is 9.59 Å². The Kier molecular flexibility index (Phi) is 3.89. The van der Waals surface area contributed by atoms with Crippen LogP contribution in [0.25, 0.3) is 6.08 Å². The van der Waals surface area contributed by atoms with Gasteiger partial charge in [-0.25, -0.2) is 9.97 Å². The Morgan fingerprint density at radius 2 is 2.33 bits per heavy atom. The number of nitrogens with two attached hydrogens (primary N) is 1. The molecule has 0 aliphatic carbocycles. The average molecular weight is 305 g/mol. The minimum atomic E-state index is -0.384. The van der Waals surface area contributed by atoms with Crippen LogP contribution in [-0.2, 0) is 4.79 Å². The van der Waals surface area contributed by atoms with Gasteiger partial charge in [0.15, 0.2) is 0 Å². The van der Waals surface area contributed by atoms with E-state index in [1.165, 1.54) is 0 Å². The zero-order chi connectivity index (χ0) is 14.8. The van der Waals surface area contributed by atoms with Gasteiger partial charge in [-0.1, -0.05) is 0 Å². The maximum absolute atomic E-state index is 11.5. The highest BCUT2D eigenvalue weighted by atomic mass is 32.2. The van der Waals surface area contributed by atoms with E-state index in [9.17, 15) is 9.59 Å². The Labute approximate surface area is 126 Å². The lowest BCUT2D eigenvalue weighted by Gasteiger charge is -2.30. The summed E-state index contributed by atoms with van der Waals surface area (Å²) in [6.07, 6.45) is 5.27. The minimum absolute atomic E-state index is 0.137. The molecule has 2 aliphatic rings. The average Bonchev–Trinajstić information content (AvgIpc) is 2.77. The molecule has 0 saturated carbocycles. The Morgan fingerprint density at radius 3 is 3.05 bits per heavy atom. The summed E-state index contributed by atoms with van der Waals surface area (Å²) in [6.45, 7) is 1.61. The molecule has 0 bridgehead atoms. The topological polar surface area (TPSA) is 101 Å². The summed E-state index contributed by atoms with van der Waals surface area (Å²) in [5, 5.41) is 1.86. The van der Waals surface area contributed by atoms with E-state index in [4.69, 9.17) is 5.73 Å². The third-order valence-electron chi connectivity index (χ3n) is 3.33. The van der Waals surface area contributed by atoms with Crippen molar-refractivity contribution in [3.05, 3.63) is 22.9 Å². The van der Waals surface area contributed by atoms with Crippen LogP contribution in [0.2, 0.25) is 0 Å². The number of imide groups is 1. The fourth-order valence-corrected chi connectivity index (χ4v) is 3.01. The lowest BCUT2D eigenvalue weighted by atomic mass is 10.1. The molecule has 1 atom stereocenters. The van der Waals surface area contributed by atoms with Crippen molar-refractivity contribution in [3.8, 4) is 0 Å². The Hall–Kier alpha value is -1.93. The molecule has 2 saturated heterocycles. The highest BCUT2D eigenvalue weighted by Crippen LogP contribution is 2.25. The smallest absolute Gasteiger partial charge is 0.290 e. The first-order chi connectivity index (χ1) is 10.1. The van der Waals surface area contributed by atoms with Crippen LogP contribution in [0.4, 0.5) is 10.7 Å². The summed E-state index contributed by atoms with van der Waals surface area (Å²) >= 11 is 0.878. The van der Waals surface area contributed by atoms with Crippen molar-refractivity contribution in [2.24, 2.45) is 5.73 Å². The van der Waals surface area contributed by atoms with Gasteiger partial charge in [0.25, 0.3) is 11.1 Å². The number of anilines is 1. The zero-order valence-corrected chi connectivity index (χ0v) is 12.1. The number of amides is 2. The molecule has 0 unspecified atom stereocenters. The van der Waals surface area contributed by atoms with Gasteiger partial charge in [-0.05, 0) is 36.7 Å². The van der Waals surface area contributed by atoms with Crippen molar-refractivity contribution >= 4 is 34.9 Å². The summed E-state index contributed by atoms with van der Waals surface area (Å²) in [5.41, 5.74) is 6.57. The van der Waals surface area contributed by atoms with Crippen LogP contribution < -0.4 is 16.0 Å². The van der Waals surface area contributed by atoms with E-state index in [0.717, 1.165) is 37.7 Å². The first kappa shape index (κ1) is 14.0. The maximum atomic E-state index is 11.5. The summed E-state index contributed by atoms with van der Waals surface area (Å²) in [6, 6.07) is 1.84. The van der Waals surface area contributed by atoms with Crippen molar-refractivity contribution in [1.29, 1.82) is 0 Å². The predicted molar refractivity (Wildman–Crippen MR) is 80.6 cm³/mol. The van der Waals surface area contributed by atoms with Crippen LogP contribution in [0.1, 0.15) is 18.5 Å². The number of thioether (sulfide) groups is 1. The maximum Gasteiger partial charge on any atom is 0.290 e. The lowest BCUT2D eigenvalue weighted by Crippen LogP contribution is -2.43. The van der Waals surface area contributed by atoms with Gasteiger partial charge in [-0.15, -0.1) is 0 Å². The molecule has 1 aromatic rings. The van der Waals surface area contributed by atoms with E-state index >= 15 is 0 Å². The number of nitrogens with one attached hydrogen (secondary N) is 1. The minimum Gasteiger partial charge on any atom is -0.339 e. The normalized spacial score (nSPS) is 24.5. The Morgan fingerprint density at radius 1 is 1.48 bits per heavy atom. The van der Waals surface area contributed by atoms with Crippen LogP contribution in [-0.4, -0.2) is 40.2 Å². The molecule has 2 amide bonds. The second-order valence-electron chi connectivity index (χ2n) is 4.98. The molecule has 2 fully saturated rings. The molecule has 7 nitrogen and oxygen atoms in total. The molecular weight excluding hydrogens is 290 g/mol. The molecule has 3 rings (SSSR count). The molecule has 2 aliphatic heterocycles. The fourth-order valence-electron chi connectivity index (χ4n) is 2.34. The quantitative estimate of drug-likeness (QED) is 0.777. The van der Waals surface area contributed by atoms with Gasteiger partial charge in [0.05, 0.1) is 10.6 Å². The van der Waals surface area contributed by atoms with E-state index < -0.39 is 0 Å². The number of carbonyl (C=O) groups is 2. The van der Waals surface area contributed by atoms with Gasteiger partial charge in [0, 0.05) is 25.3 Å².